The van der Waals surface area contributed by atoms with E-state index >= 15 is 0 Å². The maximum atomic E-state index is 11.8. The van der Waals surface area contributed by atoms with Gasteiger partial charge in [-0.25, -0.2) is 4.98 Å². The van der Waals surface area contributed by atoms with Gasteiger partial charge in [0, 0.05) is 18.7 Å². The molecule has 21 heavy (non-hydrogen) atoms. The number of ether oxygens (including phenoxy) is 2. The third-order valence-electron chi connectivity index (χ3n) is 2.87. The summed E-state index contributed by atoms with van der Waals surface area (Å²) in [7, 11) is 1.57. The Kier molecular flexibility index (Phi) is 4.40. The van der Waals surface area contributed by atoms with Crippen LogP contribution >= 0.6 is 0 Å². The van der Waals surface area contributed by atoms with Gasteiger partial charge < -0.3 is 9.47 Å². The van der Waals surface area contributed by atoms with Gasteiger partial charge >= 0.3 is 5.97 Å². The second-order valence-corrected chi connectivity index (χ2v) is 5.78. The minimum atomic E-state index is -0.459. The number of methoxy groups -OCH3 is 1. The molecule has 5 heteroatoms. The molecule has 0 bridgehead atoms. The summed E-state index contributed by atoms with van der Waals surface area (Å²) in [6.07, 6.45) is 2.60. The molecule has 112 valence electrons. The number of carbonyl (C=O) groups is 1. The fourth-order valence-corrected chi connectivity index (χ4v) is 2.01. The van der Waals surface area contributed by atoms with Crippen LogP contribution in [0.5, 0.6) is 5.88 Å². The first kappa shape index (κ1) is 15.2. The molecule has 2 heterocycles. The highest BCUT2D eigenvalue weighted by Gasteiger charge is 2.16. The van der Waals surface area contributed by atoms with E-state index in [0.29, 0.717) is 18.7 Å². The van der Waals surface area contributed by atoms with E-state index in [-0.39, 0.29) is 5.97 Å². The number of hydrogen-bond acceptors (Lipinski definition) is 5. The van der Waals surface area contributed by atoms with Crippen LogP contribution in [0.1, 0.15) is 32.8 Å². The van der Waals surface area contributed by atoms with E-state index in [1.54, 1.807) is 19.4 Å². The van der Waals surface area contributed by atoms with Crippen LogP contribution in [0.2, 0.25) is 0 Å². The zero-order valence-electron chi connectivity index (χ0n) is 12.8. The number of nitrogens with zero attached hydrogens (tertiary/aromatic N) is 2. The second-order valence-electron chi connectivity index (χ2n) is 5.78. The standard InChI is InChI=1S/C16H20N2O3/c1-16(2,3)21-14(19)8-5-11-9-10-17-12-6-7-13(20-4)18-15(11)12/h6-7,9-10H,5,8H2,1-4H3. The smallest absolute Gasteiger partial charge is 0.306 e. The van der Waals surface area contributed by atoms with Crippen LogP contribution in [0.25, 0.3) is 11.0 Å². The van der Waals surface area contributed by atoms with Crippen molar-refractivity contribution in [2.45, 2.75) is 39.2 Å². The molecular formula is C16H20N2O3. The molecule has 0 saturated carbocycles. The molecule has 0 aliphatic carbocycles. The van der Waals surface area contributed by atoms with Crippen molar-refractivity contribution in [3.05, 3.63) is 30.0 Å². The SMILES string of the molecule is COc1ccc2nccc(CCC(=O)OC(C)(C)C)c2n1. The van der Waals surface area contributed by atoms with Gasteiger partial charge in [0.2, 0.25) is 5.88 Å². The summed E-state index contributed by atoms with van der Waals surface area (Å²) >= 11 is 0. The number of esters is 1. The van der Waals surface area contributed by atoms with Crippen molar-refractivity contribution < 1.29 is 14.3 Å². The summed E-state index contributed by atoms with van der Waals surface area (Å²) in [6, 6.07) is 5.50. The van der Waals surface area contributed by atoms with Crippen molar-refractivity contribution in [2.24, 2.45) is 0 Å². The molecule has 0 spiro atoms. The molecule has 0 aliphatic rings. The molecule has 2 aromatic rings. The van der Waals surface area contributed by atoms with Crippen LogP contribution in [-0.4, -0.2) is 28.6 Å². The summed E-state index contributed by atoms with van der Waals surface area (Å²) in [6.45, 7) is 5.58. The Morgan fingerprint density at radius 1 is 1.24 bits per heavy atom. The van der Waals surface area contributed by atoms with Crippen molar-refractivity contribution in [3.63, 3.8) is 0 Å². The predicted octanol–water partition coefficient (Wildman–Crippen LogP) is 2.91. The summed E-state index contributed by atoms with van der Waals surface area (Å²) in [5.41, 5.74) is 2.06. The second kappa shape index (κ2) is 6.08. The Hall–Kier alpha value is -2.17. The average Bonchev–Trinajstić information content (AvgIpc) is 2.42. The lowest BCUT2D eigenvalue weighted by molar-refractivity contribution is -0.154. The molecule has 0 aliphatic heterocycles. The van der Waals surface area contributed by atoms with Crippen LogP contribution in [0, 0.1) is 0 Å². The summed E-state index contributed by atoms with van der Waals surface area (Å²) in [5, 5.41) is 0. The minimum absolute atomic E-state index is 0.213. The zero-order chi connectivity index (χ0) is 15.5. The van der Waals surface area contributed by atoms with E-state index in [1.807, 2.05) is 32.9 Å². The van der Waals surface area contributed by atoms with Crippen molar-refractivity contribution >= 4 is 17.0 Å². The Balaban J connectivity index is 2.16. The molecular weight excluding hydrogens is 268 g/mol. The van der Waals surface area contributed by atoms with Gasteiger partial charge in [-0.05, 0) is 44.9 Å². The summed E-state index contributed by atoms with van der Waals surface area (Å²) in [5.74, 6) is 0.323. The fourth-order valence-electron chi connectivity index (χ4n) is 2.01. The van der Waals surface area contributed by atoms with Crippen LogP contribution in [0.15, 0.2) is 24.4 Å². The Bertz CT molecular complexity index is 648. The normalized spacial score (nSPS) is 11.4. The third-order valence-corrected chi connectivity index (χ3v) is 2.87. The first-order valence-electron chi connectivity index (χ1n) is 6.89. The number of pyridine rings is 2. The predicted molar refractivity (Wildman–Crippen MR) is 80.3 cm³/mol. The third kappa shape index (κ3) is 4.15. The number of hydrogen-bond donors (Lipinski definition) is 0. The highest BCUT2D eigenvalue weighted by Crippen LogP contribution is 2.20. The van der Waals surface area contributed by atoms with Gasteiger partial charge in [-0.2, -0.15) is 0 Å². The highest BCUT2D eigenvalue weighted by atomic mass is 16.6. The maximum absolute atomic E-state index is 11.8. The van der Waals surface area contributed by atoms with Crippen LogP contribution in [0.3, 0.4) is 0 Å². The van der Waals surface area contributed by atoms with E-state index in [0.717, 1.165) is 16.6 Å². The van der Waals surface area contributed by atoms with Crippen LogP contribution < -0.4 is 4.74 Å². The topological polar surface area (TPSA) is 61.3 Å². The van der Waals surface area contributed by atoms with Crippen molar-refractivity contribution in [3.8, 4) is 5.88 Å². The van der Waals surface area contributed by atoms with E-state index < -0.39 is 5.60 Å². The lowest BCUT2D eigenvalue weighted by Gasteiger charge is -2.19. The largest absolute Gasteiger partial charge is 0.481 e. The van der Waals surface area contributed by atoms with Crippen LogP contribution in [-0.2, 0) is 16.0 Å². The van der Waals surface area contributed by atoms with E-state index in [1.165, 1.54) is 0 Å². The first-order valence-corrected chi connectivity index (χ1v) is 6.89. The van der Waals surface area contributed by atoms with Crippen molar-refractivity contribution in [1.29, 1.82) is 0 Å². The quantitative estimate of drug-likeness (QED) is 0.809. The number of carbonyl (C=O) groups excluding carboxylic acids is 1. The van der Waals surface area contributed by atoms with E-state index in [2.05, 4.69) is 9.97 Å². The van der Waals surface area contributed by atoms with Gasteiger partial charge in [0.15, 0.2) is 0 Å². The molecule has 0 unspecified atom stereocenters. The first-order chi connectivity index (χ1) is 9.89. The fraction of sp³-hybridized carbons (Fsp3) is 0.438. The molecule has 5 nitrogen and oxygen atoms in total. The molecule has 0 fully saturated rings. The molecule has 2 aromatic heterocycles. The Morgan fingerprint density at radius 3 is 2.67 bits per heavy atom. The number of aromatic nitrogens is 2. The molecule has 0 N–H and O–H groups in total. The highest BCUT2D eigenvalue weighted by molar-refractivity contribution is 5.79. The van der Waals surface area contributed by atoms with Gasteiger partial charge in [0.05, 0.1) is 18.1 Å². The number of fused-ring (bicyclic) bond motifs is 1. The molecule has 2 rings (SSSR count). The number of rotatable bonds is 4. The van der Waals surface area contributed by atoms with E-state index in [4.69, 9.17) is 9.47 Å². The van der Waals surface area contributed by atoms with Gasteiger partial charge in [-0.3, -0.25) is 9.78 Å². The molecule has 0 radical (unpaired) electrons. The monoisotopic (exact) mass is 288 g/mol. The van der Waals surface area contributed by atoms with Crippen LogP contribution in [0.4, 0.5) is 0 Å². The molecule has 0 atom stereocenters. The Morgan fingerprint density at radius 2 is 2.00 bits per heavy atom. The van der Waals surface area contributed by atoms with Gasteiger partial charge in [0.25, 0.3) is 0 Å². The van der Waals surface area contributed by atoms with Crippen molar-refractivity contribution in [1.82, 2.24) is 9.97 Å². The molecule has 0 saturated heterocycles. The number of aryl methyl sites for hydroxylation is 1. The average molecular weight is 288 g/mol. The summed E-state index contributed by atoms with van der Waals surface area (Å²) < 4.78 is 10.5. The van der Waals surface area contributed by atoms with Gasteiger partial charge in [-0.1, -0.05) is 0 Å². The van der Waals surface area contributed by atoms with Gasteiger partial charge in [0.1, 0.15) is 5.60 Å². The van der Waals surface area contributed by atoms with Crippen molar-refractivity contribution in [2.75, 3.05) is 7.11 Å². The molecule has 0 amide bonds. The minimum Gasteiger partial charge on any atom is -0.481 e. The molecule has 0 aromatic carbocycles. The van der Waals surface area contributed by atoms with E-state index in [9.17, 15) is 4.79 Å². The Labute approximate surface area is 124 Å². The van der Waals surface area contributed by atoms with Gasteiger partial charge in [-0.15, -0.1) is 0 Å². The maximum Gasteiger partial charge on any atom is 0.306 e. The lowest BCUT2D eigenvalue weighted by Crippen LogP contribution is -2.24. The summed E-state index contributed by atoms with van der Waals surface area (Å²) in [4.78, 5) is 20.5. The zero-order valence-corrected chi connectivity index (χ0v) is 12.8. The lowest BCUT2D eigenvalue weighted by atomic mass is 10.1.